The fraction of sp³-hybridized carbons (Fsp3) is 0.136. The minimum Gasteiger partial charge on any atom is -0.466 e. The quantitative estimate of drug-likeness (QED) is 0.488. The van der Waals surface area contributed by atoms with Gasteiger partial charge in [-0.3, -0.25) is 9.52 Å². The lowest BCUT2D eigenvalue weighted by Gasteiger charge is -2.10. The molecule has 150 valence electrons. The van der Waals surface area contributed by atoms with Gasteiger partial charge in [0, 0.05) is 10.2 Å². The summed E-state index contributed by atoms with van der Waals surface area (Å²) in [4.78, 5) is 11.8. The number of nitrogens with one attached hydrogen (secondary N) is 1. The molecule has 0 unspecified atom stereocenters. The Labute approximate surface area is 178 Å². The highest BCUT2D eigenvalue weighted by atomic mass is 79.9. The number of anilines is 1. The van der Waals surface area contributed by atoms with Crippen molar-refractivity contribution in [2.24, 2.45) is 0 Å². The van der Waals surface area contributed by atoms with Crippen molar-refractivity contribution in [1.29, 1.82) is 0 Å². The lowest BCUT2D eigenvalue weighted by molar-refractivity contribution is -0.142. The van der Waals surface area contributed by atoms with E-state index in [0.29, 0.717) is 17.9 Å². The van der Waals surface area contributed by atoms with Crippen LogP contribution in [0.15, 0.2) is 82.2 Å². The van der Waals surface area contributed by atoms with E-state index in [1.807, 2.05) is 24.3 Å². The van der Waals surface area contributed by atoms with Crippen LogP contribution in [0.1, 0.15) is 12.5 Å². The SMILES string of the molecule is CCOC(=O)Cc1cccc(NS(=O)(=O)c2ccc(-c3ccc(Br)cc3)cc2)c1. The van der Waals surface area contributed by atoms with Crippen molar-refractivity contribution in [2.45, 2.75) is 18.2 Å². The molecule has 0 atom stereocenters. The van der Waals surface area contributed by atoms with Crippen molar-refractivity contribution in [3.8, 4) is 11.1 Å². The number of rotatable bonds is 7. The molecule has 0 fully saturated rings. The standard InChI is InChI=1S/C22H20BrNO4S/c1-2-28-22(25)15-16-4-3-5-20(14-16)24-29(26,27)21-12-8-18(9-13-21)17-6-10-19(23)11-7-17/h3-14,24H,2,15H2,1H3. The highest BCUT2D eigenvalue weighted by Crippen LogP contribution is 2.24. The van der Waals surface area contributed by atoms with Crippen LogP contribution in [0, 0.1) is 0 Å². The first-order valence-electron chi connectivity index (χ1n) is 9.01. The molecule has 0 saturated heterocycles. The maximum absolute atomic E-state index is 12.7. The van der Waals surface area contributed by atoms with Gasteiger partial charge in [0.25, 0.3) is 10.0 Å². The second kappa shape index (κ2) is 9.24. The summed E-state index contributed by atoms with van der Waals surface area (Å²) < 4.78 is 33.9. The molecule has 1 N–H and O–H groups in total. The molecular weight excluding hydrogens is 454 g/mol. The maximum Gasteiger partial charge on any atom is 0.310 e. The first-order valence-corrected chi connectivity index (χ1v) is 11.3. The zero-order valence-electron chi connectivity index (χ0n) is 15.8. The Kier molecular flexibility index (Phi) is 6.71. The van der Waals surface area contributed by atoms with E-state index in [4.69, 9.17) is 4.74 Å². The van der Waals surface area contributed by atoms with E-state index >= 15 is 0 Å². The van der Waals surface area contributed by atoms with Gasteiger partial charge in [0.1, 0.15) is 0 Å². The topological polar surface area (TPSA) is 72.5 Å². The summed E-state index contributed by atoms with van der Waals surface area (Å²) in [6.45, 7) is 2.05. The number of carbonyl (C=O) groups is 1. The summed E-state index contributed by atoms with van der Waals surface area (Å²) in [6.07, 6.45) is 0.0886. The molecule has 5 nitrogen and oxygen atoms in total. The Morgan fingerprint density at radius 1 is 0.966 bits per heavy atom. The molecule has 0 heterocycles. The van der Waals surface area contributed by atoms with Crippen molar-refractivity contribution in [3.05, 3.63) is 82.8 Å². The summed E-state index contributed by atoms with van der Waals surface area (Å²) in [5.74, 6) is -0.351. The van der Waals surface area contributed by atoms with Crippen molar-refractivity contribution in [1.82, 2.24) is 0 Å². The van der Waals surface area contributed by atoms with Crippen LogP contribution in [0.2, 0.25) is 0 Å². The summed E-state index contributed by atoms with van der Waals surface area (Å²) in [6, 6.07) is 21.2. The highest BCUT2D eigenvalue weighted by molar-refractivity contribution is 9.10. The largest absolute Gasteiger partial charge is 0.466 e. The van der Waals surface area contributed by atoms with Crippen LogP contribution in [0.4, 0.5) is 5.69 Å². The lowest BCUT2D eigenvalue weighted by Crippen LogP contribution is -2.13. The lowest BCUT2D eigenvalue weighted by atomic mass is 10.1. The van der Waals surface area contributed by atoms with Crippen LogP contribution < -0.4 is 4.72 Å². The van der Waals surface area contributed by atoms with Gasteiger partial charge in [0.05, 0.1) is 17.9 Å². The van der Waals surface area contributed by atoms with Crippen molar-refractivity contribution in [2.75, 3.05) is 11.3 Å². The molecule has 0 aromatic heterocycles. The van der Waals surface area contributed by atoms with E-state index in [1.165, 1.54) is 0 Å². The van der Waals surface area contributed by atoms with Gasteiger partial charge in [-0.05, 0) is 60.0 Å². The van der Waals surface area contributed by atoms with Gasteiger partial charge >= 0.3 is 5.97 Å². The molecule has 0 aliphatic carbocycles. The average Bonchev–Trinajstić information content (AvgIpc) is 2.69. The fourth-order valence-corrected chi connectivity index (χ4v) is 4.12. The molecular formula is C22H20BrNO4S. The third kappa shape index (κ3) is 5.68. The Hall–Kier alpha value is -2.64. The van der Waals surface area contributed by atoms with Crippen LogP contribution in [0.5, 0.6) is 0 Å². The zero-order chi connectivity index (χ0) is 20.9. The first kappa shape index (κ1) is 21.1. The minimum atomic E-state index is -3.75. The molecule has 0 radical (unpaired) electrons. The van der Waals surface area contributed by atoms with Crippen molar-refractivity contribution in [3.63, 3.8) is 0 Å². The normalized spacial score (nSPS) is 11.1. The van der Waals surface area contributed by atoms with Crippen LogP contribution in [0.3, 0.4) is 0 Å². The van der Waals surface area contributed by atoms with Crippen LogP contribution in [-0.2, 0) is 26.0 Å². The predicted octanol–water partition coefficient (Wildman–Crippen LogP) is 5.02. The van der Waals surface area contributed by atoms with Crippen LogP contribution in [-0.4, -0.2) is 21.0 Å². The summed E-state index contributed by atoms with van der Waals surface area (Å²) in [5, 5.41) is 0. The number of hydrogen-bond acceptors (Lipinski definition) is 4. The minimum absolute atomic E-state index is 0.0886. The molecule has 0 amide bonds. The zero-order valence-corrected chi connectivity index (χ0v) is 18.2. The van der Waals surface area contributed by atoms with E-state index in [-0.39, 0.29) is 17.3 Å². The Morgan fingerprint density at radius 2 is 1.59 bits per heavy atom. The van der Waals surface area contributed by atoms with Gasteiger partial charge in [0.15, 0.2) is 0 Å². The molecule has 3 rings (SSSR count). The van der Waals surface area contributed by atoms with Crippen LogP contribution in [0.25, 0.3) is 11.1 Å². The van der Waals surface area contributed by atoms with E-state index in [0.717, 1.165) is 15.6 Å². The summed E-state index contributed by atoms with van der Waals surface area (Å²) in [5.41, 5.74) is 2.99. The molecule has 0 aliphatic rings. The molecule has 3 aromatic carbocycles. The van der Waals surface area contributed by atoms with Crippen LogP contribution >= 0.6 is 15.9 Å². The molecule has 29 heavy (non-hydrogen) atoms. The molecule has 0 saturated carbocycles. The second-order valence-corrected chi connectivity index (χ2v) is 8.92. The van der Waals surface area contributed by atoms with Gasteiger partial charge in [-0.15, -0.1) is 0 Å². The number of benzene rings is 3. The molecule has 0 aliphatic heterocycles. The van der Waals surface area contributed by atoms with E-state index in [1.54, 1.807) is 55.5 Å². The van der Waals surface area contributed by atoms with Gasteiger partial charge in [-0.1, -0.05) is 52.3 Å². The highest BCUT2D eigenvalue weighted by Gasteiger charge is 2.15. The van der Waals surface area contributed by atoms with Gasteiger partial charge in [0.2, 0.25) is 0 Å². The monoisotopic (exact) mass is 473 g/mol. The average molecular weight is 474 g/mol. The number of carbonyl (C=O) groups excluding carboxylic acids is 1. The van der Waals surface area contributed by atoms with Crippen molar-refractivity contribution >= 4 is 37.6 Å². The Balaban J connectivity index is 1.75. The third-order valence-electron chi connectivity index (χ3n) is 4.18. The Bertz CT molecular complexity index is 1090. The molecule has 0 spiro atoms. The Morgan fingerprint density at radius 3 is 2.21 bits per heavy atom. The molecule has 0 bridgehead atoms. The smallest absolute Gasteiger partial charge is 0.310 e. The number of esters is 1. The second-order valence-electron chi connectivity index (χ2n) is 6.32. The number of hydrogen-bond donors (Lipinski definition) is 1. The fourth-order valence-electron chi connectivity index (χ4n) is 2.81. The number of halogens is 1. The summed E-state index contributed by atoms with van der Waals surface area (Å²) >= 11 is 3.40. The number of ether oxygens (including phenoxy) is 1. The maximum atomic E-state index is 12.7. The van der Waals surface area contributed by atoms with Gasteiger partial charge in [-0.2, -0.15) is 0 Å². The van der Waals surface area contributed by atoms with E-state index < -0.39 is 10.0 Å². The van der Waals surface area contributed by atoms with E-state index in [2.05, 4.69) is 20.7 Å². The third-order valence-corrected chi connectivity index (χ3v) is 6.10. The predicted molar refractivity (Wildman–Crippen MR) is 117 cm³/mol. The van der Waals surface area contributed by atoms with E-state index in [9.17, 15) is 13.2 Å². The number of sulfonamides is 1. The molecule has 7 heteroatoms. The van der Waals surface area contributed by atoms with Crippen molar-refractivity contribution < 1.29 is 17.9 Å². The molecule has 3 aromatic rings. The van der Waals surface area contributed by atoms with Gasteiger partial charge < -0.3 is 4.74 Å². The summed E-state index contributed by atoms with van der Waals surface area (Å²) in [7, 11) is -3.75. The first-order chi connectivity index (χ1) is 13.9. The van der Waals surface area contributed by atoms with Gasteiger partial charge in [-0.25, -0.2) is 8.42 Å².